The van der Waals surface area contributed by atoms with E-state index in [1.807, 2.05) is 31.3 Å². The van der Waals surface area contributed by atoms with Crippen molar-refractivity contribution in [3.63, 3.8) is 0 Å². The number of aliphatic carboxylic acids is 1. The lowest BCUT2D eigenvalue weighted by Gasteiger charge is -2.19. The smallest absolute Gasteiger partial charge is 0.328 e. The molecule has 1 N–H and O–H groups in total. The van der Waals surface area contributed by atoms with Gasteiger partial charge in [-0.3, -0.25) is 9.69 Å². The predicted molar refractivity (Wildman–Crippen MR) is 80.6 cm³/mol. The van der Waals surface area contributed by atoms with Crippen molar-refractivity contribution in [2.24, 2.45) is 0 Å². The summed E-state index contributed by atoms with van der Waals surface area (Å²) in [6.07, 6.45) is 3.68. The van der Waals surface area contributed by atoms with Gasteiger partial charge in [0, 0.05) is 32.8 Å². The van der Waals surface area contributed by atoms with E-state index in [0.717, 1.165) is 43.3 Å². The molecule has 1 aromatic carbocycles. The Hall–Kier alpha value is -2.14. The number of hydrogen-bond acceptors (Lipinski definition) is 3. The van der Waals surface area contributed by atoms with Gasteiger partial charge in [0.1, 0.15) is 0 Å². The van der Waals surface area contributed by atoms with Crippen molar-refractivity contribution in [1.29, 1.82) is 0 Å². The van der Waals surface area contributed by atoms with Crippen LogP contribution in [0.15, 0.2) is 30.3 Å². The van der Waals surface area contributed by atoms with Crippen LogP contribution in [0.25, 0.3) is 6.08 Å². The van der Waals surface area contributed by atoms with E-state index >= 15 is 0 Å². The topological polar surface area (TPSA) is 60.9 Å². The number of carboxylic acid groups (broad SMARTS) is 1. The van der Waals surface area contributed by atoms with Gasteiger partial charge in [0.15, 0.2) is 0 Å². The molecular formula is C16H20N2O3. The Labute approximate surface area is 124 Å². The van der Waals surface area contributed by atoms with Crippen molar-refractivity contribution in [2.45, 2.75) is 13.0 Å². The molecule has 1 fully saturated rings. The summed E-state index contributed by atoms with van der Waals surface area (Å²) in [7, 11) is 1.84. The summed E-state index contributed by atoms with van der Waals surface area (Å²) in [5.41, 5.74) is 1.98. The molecule has 1 saturated heterocycles. The maximum Gasteiger partial charge on any atom is 0.328 e. The maximum absolute atomic E-state index is 11.8. The van der Waals surface area contributed by atoms with Gasteiger partial charge in [-0.1, -0.05) is 24.3 Å². The quantitative estimate of drug-likeness (QED) is 0.852. The van der Waals surface area contributed by atoms with Gasteiger partial charge in [0.25, 0.3) is 0 Å². The van der Waals surface area contributed by atoms with Crippen LogP contribution < -0.4 is 0 Å². The number of carboxylic acids is 1. The highest BCUT2D eigenvalue weighted by atomic mass is 16.4. The Morgan fingerprint density at radius 1 is 1.29 bits per heavy atom. The molecule has 2 rings (SSSR count). The van der Waals surface area contributed by atoms with Crippen molar-refractivity contribution in [3.8, 4) is 0 Å². The molecule has 21 heavy (non-hydrogen) atoms. The summed E-state index contributed by atoms with van der Waals surface area (Å²) in [6, 6.07) is 7.72. The molecule has 1 aromatic rings. The molecule has 0 aliphatic carbocycles. The SMILES string of the molecule is CN1CCCN(Cc2ccc(/C=C/C(=O)O)cc2)CC1=O. The number of carbonyl (C=O) groups excluding carboxylic acids is 1. The minimum absolute atomic E-state index is 0.161. The highest BCUT2D eigenvalue weighted by Gasteiger charge is 2.18. The predicted octanol–water partition coefficient (Wildman–Crippen LogP) is 1.45. The normalized spacial score (nSPS) is 17.2. The van der Waals surface area contributed by atoms with Gasteiger partial charge < -0.3 is 10.0 Å². The molecule has 1 aliphatic rings. The van der Waals surface area contributed by atoms with E-state index in [1.165, 1.54) is 0 Å². The first kappa shape index (κ1) is 15.3. The average Bonchev–Trinajstić information content (AvgIpc) is 2.60. The van der Waals surface area contributed by atoms with Crippen LogP contribution in [0.4, 0.5) is 0 Å². The van der Waals surface area contributed by atoms with Crippen LogP contribution in [0, 0.1) is 0 Å². The Balaban J connectivity index is 1.96. The second kappa shape index (κ2) is 7.04. The molecule has 0 bridgehead atoms. The molecule has 5 heteroatoms. The zero-order chi connectivity index (χ0) is 15.2. The Kier molecular flexibility index (Phi) is 5.11. The van der Waals surface area contributed by atoms with E-state index in [2.05, 4.69) is 4.90 Å². The fourth-order valence-corrected chi connectivity index (χ4v) is 2.34. The van der Waals surface area contributed by atoms with Gasteiger partial charge in [-0.05, 0) is 23.6 Å². The monoisotopic (exact) mass is 288 g/mol. The molecule has 0 radical (unpaired) electrons. The third kappa shape index (κ3) is 4.72. The van der Waals surface area contributed by atoms with Gasteiger partial charge >= 0.3 is 5.97 Å². The van der Waals surface area contributed by atoms with E-state index in [-0.39, 0.29) is 5.91 Å². The number of rotatable bonds is 4. The lowest BCUT2D eigenvalue weighted by Crippen LogP contribution is -2.34. The molecule has 0 aromatic heterocycles. The van der Waals surface area contributed by atoms with Crippen molar-refractivity contribution >= 4 is 18.0 Å². The van der Waals surface area contributed by atoms with Crippen LogP contribution in [0.1, 0.15) is 17.5 Å². The van der Waals surface area contributed by atoms with Gasteiger partial charge in [-0.25, -0.2) is 4.79 Å². The first-order valence-corrected chi connectivity index (χ1v) is 7.01. The number of benzene rings is 1. The van der Waals surface area contributed by atoms with Crippen molar-refractivity contribution < 1.29 is 14.7 Å². The number of nitrogens with zero attached hydrogens (tertiary/aromatic N) is 2. The molecule has 1 aliphatic heterocycles. The number of likely N-dealkylation sites (N-methyl/N-ethyl adjacent to an activating group) is 1. The molecule has 1 heterocycles. The van der Waals surface area contributed by atoms with Crippen molar-refractivity contribution in [1.82, 2.24) is 9.80 Å². The largest absolute Gasteiger partial charge is 0.478 e. The fraction of sp³-hybridized carbons (Fsp3) is 0.375. The molecular weight excluding hydrogens is 268 g/mol. The van der Waals surface area contributed by atoms with Crippen LogP contribution in [0.2, 0.25) is 0 Å². The minimum Gasteiger partial charge on any atom is -0.478 e. The number of carbonyl (C=O) groups is 2. The van der Waals surface area contributed by atoms with E-state index in [1.54, 1.807) is 11.0 Å². The van der Waals surface area contributed by atoms with Crippen LogP contribution >= 0.6 is 0 Å². The number of amides is 1. The first-order chi connectivity index (χ1) is 10.0. The molecule has 0 atom stereocenters. The van der Waals surface area contributed by atoms with E-state index in [0.29, 0.717) is 6.54 Å². The molecule has 0 spiro atoms. The lowest BCUT2D eigenvalue weighted by molar-refractivity contribution is -0.131. The average molecular weight is 288 g/mol. The van der Waals surface area contributed by atoms with Gasteiger partial charge in [-0.15, -0.1) is 0 Å². The first-order valence-electron chi connectivity index (χ1n) is 7.01. The molecule has 0 saturated carbocycles. The summed E-state index contributed by atoms with van der Waals surface area (Å²) < 4.78 is 0. The van der Waals surface area contributed by atoms with E-state index in [4.69, 9.17) is 5.11 Å². The summed E-state index contributed by atoms with van der Waals surface area (Å²) in [6.45, 7) is 2.92. The van der Waals surface area contributed by atoms with E-state index < -0.39 is 5.97 Å². The maximum atomic E-state index is 11.8. The van der Waals surface area contributed by atoms with Crippen molar-refractivity contribution in [3.05, 3.63) is 41.5 Å². The summed E-state index contributed by atoms with van der Waals surface area (Å²) in [4.78, 5) is 26.2. The van der Waals surface area contributed by atoms with Gasteiger partial charge in [0.2, 0.25) is 5.91 Å². The Bertz CT molecular complexity index is 537. The minimum atomic E-state index is -0.953. The molecule has 5 nitrogen and oxygen atoms in total. The van der Waals surface area contributed by atoms with Crippen molar-refractivity contribution in [2.75, 3.05) is 26.7 Å². The zero-order valence-corrected chi connectivity index (χ0v) is 12.2. The highest BCUT2D eigenvalue weighted by Crippen LogP contribution is 2.11. The molecule has 1 amide bonds. The van der Waals surface area contributed by atoms with Crippen LogP contribution in [-0.4, -0.2) is 53.5 Å². The van der Waals surface area contributed by atoms with Crippen LogP contribution in [0.3, 0.4) is 0 Å². The highest BCUT2D eigenvalue weighted by molar-refractivity contribution is 5.85. The standard InChI is InChI=1S/C16H20N2O3/c1-17-9-2-10-18(12-15(17)19)11-14-5-3-13(4-6-14)7-8-16(20)21/h3-8H,2,9-12H2,1H3,(H,20,21)/b8-7+. The second-order valence-corrected chi connectivity index (χ2v) is 5.29. The van der Waals surface area contributed by atoms with Crippen LogP contribution in [-0.2, 0) is 16.1 Å². The summed E-state index contributed by atoms with van der Waals surface area (Å²) in [5.74, 6) is -0.792. The fourth-order valence-electron chi connectivity index (χ4n) is 2.34. The lowest BCUT2D eigenvalue weighted by atomic mass is 10.1. The third-order valence-electron chi connectivity index (χ3n) is 3.56. The summed E-state index contributed by atoms with van der Waals surface area (Å²) in [5, 5.41) is 8.59. The Morgan fingerprint density at radius 2 is 2.00 bits per heavy atom. The molecule has 0 unspecified atom stereocenters. The molecule has 112 valence electrons. The van der Waals surface area contributed by atoms with Gasteiger partial charge in [-0.2, -0.15) is 0 Å². The van der Waals surface area contributed by atoms with Crippen LogP contribution in [0.5, 0.6) is 0 Å². The van der Waals surface area contributed by atoms with E-state index in [9.17, 15) is 9.59 Å². The third-order valence-corrected chi connectivity index (χ3v) is 3.56. The Morgan fingerprint density at radius 3 is 2.67 bits per heavy atom. The number of hydrogen-bond donors (Lipinski definition) is 1. The summed E-state index contributed by atoms with van der Waals surface area (Å²) >= 11 is 0. The van der Waals surface area contributed by atoms with Gasteiger partial charge in [0.05, 0.1) is 6.54 Å². The zero-order valence-electron chi connectivity index (χ0n) is 12.2. The second-order valence-electron chi connectivity index (χ2n) is 5.29.